The summed E-state index contributed by atoms with van der Waals surface area (Å²) in [5, 5.41) is 6.74. The Hall–Kier alpha value is -1.74. The molecule has 4 N–H and O–H groups in total. The summed E-state index contributed by atoms with van der Waals surface area (Å²) in [6.45, 7) is 2.31. The van der Waals surface area contributed by atoms with Crippen molar-refractivity contribution in [1.82, 2.24) is 10.3 Å². The van der Waals surface area contributed by atoms with Gasteiger partial charge in [-0.3, -0.25) is 4.79 Å². The van der Waals surface area contributed by atoms with E-state index in [-0.39, 0.29) is 5.91 Å². The van der Waals surface area contributed by atoms with Crippen molar-refractivity contribution in [2.24, 2.45) is 0 Å². The van der Waals surface area contributed by atoms with Crippen molar-refractivity contribution in [3.05, 3.63) is 4.88 Å². The van der Waals surface area contributed by atoms with Crippen LogP contribution in [0.1, 0.15) is 35.9 Å². The standard InChI is InChI=1S/C12H16N4OS/c1-2-3-4-7-14-11(17)9-10(13)16-12(18-9)15-8-5-6-8/h8H,4-7,13H2,1H3,(H,14,17)(H,15,16). The summed E-state index contributed by atoms with van der Waals surface area (Å²) >= 11 is 1.30. The van der Waals surface area contributed by atoms with E-state index in [0.717, 1.165) is 18.0 Å². The second-order valence-corrected chi connectivity index (χ2v) is 5.08. The third kappa shape index (κ3) is 3.37. The van der Waals surface area contributed by atoms with E-state index in [1.807, 2.05) is 0 Å². The molecule has 0 aliphatic heterocycles. The number of rotatable bonds is 5. The molecule has 6 heteroatoms. The van der Waals surface area contributed by atoms with Crippen LogP contribution in [-0.4, -0.2) is 23.5 Å². The second kappa shape index (κ2) is 5.74. The first-order chi connectivity index (χ1) is 8.70. The van der Waals surface area contributed by atoms with Gasteiger partial charge in [0.05, 0.1) is 0 Å². The Morgan fingerprint density at radius 3 is 3.06 bits per heavy atom. The summed E-state index contributed by atoms with van der Waals surface area (Å²) in [6, 6.07) is 0.506. The number of nitrogen functional groups attached to an aromatic ring is 1. The molecule has 1 aromatic heterocycles. The summed E-state index contributed by atoms with van der Waals surface area (Å²) in [4.78, 5) is 16.5. The highest BCUT2D eigenvalue weighted by atomic mass is 32.1. The van der Waals surface area contributed by atoms with Gasteiger partial charge in [0.15, 0.2) is 5.13 Å². The molecule has 0 bridgehead atoms. The number of nitrogens with two attached hydrogens (primary N) is 1. The van der Waals surface area contributed by atoms with Crippen molar-refractivity contribution in [3.8, 4) is 11.8 Å². The number of nitrogens with zero attached hydrogens (tertiary/aromatic N) is 1. The molecule has 0 spiro atoms. The zero-order valence-electron chi connectivity index (χ0n) is 10.2. The van der Waals surface area contributed by atoms with Gasteiger partial charge in [0.25, 0.3) is 5.91 Å². The van der Waals surface area contributed by atoms with E-state index < -0.39 is 0 Å². The van der Waals surface area contributed by atoms with E-state index in [2.05, 4.69) is 27.5 Å². The summed E-state index contributed by atoms with van der Waals surface area (Å²) < 4.78 is 0. The lowest BCUT2D eigenvalue weighted by atomic mass is 10.4. The average molecular weight is 264 g/mol. The minimum Gasteiger partial charge on any atom is -0.382 e. The summed E-state index contributed by atoms with van der Waals surface area (Å²) in [6.07, 6.45) is 2.97. The molecule has 0 unspecified atom stereocenters. The molecule has 0 saturated heterocycles. The molecule has 18 heavy (non-hydrogen) atoms. The predicted molar refractivity (Wildman–Crippen MR) is 73.6 cm³/mol. The minimum atomic E-state index is -0.174. The van der Waals surface area contributed by atoms with Gasteiger partial charge in [-0.25, -0.2) is 4.98 Å². The van der Waals surface area contributed by atoms with Crippen molar-refractivity contribution in [2.45, 2.75) is 32.2 Å². The fraction of sp³-hybridized carbons (Fsp3) is 0.500. The monoisotopic (exact) mass is 264 g/mol. The molecule has 1 aliphatic rings. The van der Waals surface area contributed by atoms with E-state index in [4.69, 9.17) is 5.73 Å². The second-order valence-electron chi connectivity index (χ2n) is 4.08. The lowest BCUT2D eigenvalue weighted by Crippen LogP contribution is -2.24. The number of hydrogen-bond donors (Lipinski definition) is 3. The first-order valence-electron chi connectivity index (χ1n) is 5.91. The quantitative estimate of drug-likeness (QED) is 0.555. The highest BCUT2D eigenvalue weighted by Crippen LogP contribution is 2.30. The Labute approximate surface area is 110 Å². The number of anilines is 2. The molecule has 1 aliphatic carbocycles. The van der Waals surface area contributed by atoms with Crippen molar-refractivity contribution >= 4 is 28.2 Å². The maximum atomic E-state index is 11.8. The lowest BCUT2D eigenvalue weighted by molar-refractivity contribution is 0.0959. The molecule has 1 saturated carbocycles. The van der Waals surface area contributed by atoms with Crippen molar-refractivity contribution in [2.75, 3.05) is 17.6 Å². The maximum Gasteiger partial charge on any atom is 0.265 e. The fourth-order valence-electron chi connectivity index (χ4n) is 1.40. The molecule has 1 fully saturated rings. The van der Waals surface area contributed by atoms with E-state index in [1.165, 1.54) is 11.3 Å². The Bertz CT molecular complexity index is 496. The van der Waals surface area contributed by atoms with Gasteiger partial charge >= 0.3 is 0 Å². The molecule has 1 heterocycles. The number of nitrogens with one attached hydrogen (secondary N) is 2. The highest BCUT2D eigenvalue weighted by Gasteiger charge is 2.24. The van der Waals surface area contributed by atoms with Crippen molar-refractivity contribution in [3.63, 3.8) is 0 Å². The Kier molecular flexibility index (Phi) is 4.05. The van der Waals surface area contributed by atoms with Crippen molar-refractivity contribution < 1.29 is 4.79 Å². The summed E-state index contributed by atoms with van der Waals surface area (Å²) in [7, 11) is 0. The van der Waals surface area contributed by atoms with Gasteiger partial charge in [-0.1, -0.05) is 11.3 Å². The van der Waals surface area contributed by atoms with Gasteiger partial charge < -0.3 is 16.4 Å². The molecule has 1 amide bonds. The van der Waals surface area contributed by atoms with E-state index >= 15 is 0 Å². The van der Waals surface area contributed by atoms with Crippen LogP contribution in [0.2, 0.25) is 0 Å². The highest BCUT2D eigenvalue weighted by molar-refractivity contribution is 7.18. The van der Waals surface area contributed by atoms with Gasteiger partial charge in [0.1, 0.15) is 10.7 Å². The van der Waals surface area contributed by atoms with E-state index in [9.17, 15) is 4.79 Å². The molecule has 0 aromatic carbocycles. The number of amides is 1. The normalized spacial score (nSPS) is 13.6. The molecule has 0 radical (unpaired) electrons. The zero-order chi connectivity index (χ0) is 13.0. The maximum absolute atomic E-state index is 11.8. The molecule has 5 nitrogen and oxygen atoms in total. The van der Waals surface area contributed by atoms with Crippen LogP contribution in [0, 0.1) is 11.8 Å². The van der Waals surface area contributed by atoms with Crippen LogP contribution in [0.15, 0.2) is 0 Å². The number of thiazole rings is 1. The van der Waals surface area contributed by atoms with Crippen molar-refractivity contribution in [1.29, 1.82) is 0 Å². The Balaban J connectivity index is 1.91. The number of carbonyl (C=O) groups is 1. The van der Waals surface area contributed by atoms with Gasteiger partial charge in [0.2, 0.25) is 0 Å². The fourth-order valence-corrected chi connectivity index (χ4v) is 2.28. The van der Waals surface area contributed by atoms with Gasteiger partial charge in [0, 0.05) is 19.0 Å². The minimum absolute atomic E-state index is 0.174. The first-order valence-corrected chi connectivity index (χ1v) is 6.73. The molecule has 1 aromatic rings. The van der Waals surface area contributed by atoms with Gasteiger partial charge in [-0.05, 0) is 19.8 Å². The third-order valence-corrected chi connectivity index (χ3v) is 3.48. The van der Waals surface area contributed by atoms with Crippen LogP contribution < -0.4 is 16.4 Å². The SMILES string of the molecule is CC#CCCNC(=O)c1sc(NC2CC2)nc1N. The predicted octanol–water partition coefficient (Wildman–Crippen LogP) is 1.44. The van der Waals surface area contributed by atoms with Crippen LogP contribution >= 0.6 is 11.3 Å². The largest absolute Gasteiger partial charge is 0.382 e. The average Bonchev–Trinajstić information content (AvgIpc) is 3.07. The molecular weight excluding hydrogens is 248 g/mol. The molecule has 0 atom stereocenters. The molecule has 2 rings (SSSR count). The summed E-state index contributed by atoms with van der Waals surface area (Å²) in [5.41, 5.74) is 5.74. The van der Waals surface area contributed by atoms with Crippen LogP contribution in [0.25, 0.3) is 0 Å². The van der Waals surface area contributed by atoms with Gasteiger partial charge in [-0.15, -0.1) is 11.8 Å². The van der Waals surface area contributed by atoms with Crippen LogP contribution in [0.5, 0.6) is 0 Å². The van der Waals surface area contributed by atoms with E-state index in [1.54, 1.807) is 6.92 Å². The van der Waals surface area contributed by atoms with Crippen LogP contribution in [0.4, 0.5) is 10.9 Å². The number of carbonyl (C=O) groups excluding carboxylic acids is 1. The van der Waals surface area contributed by atoms with Gasteiger partial charge in [-0.2, -0.15) is 0 Å². The Morgan fingerprint density at radius 2 is 2.39 bits per heavy atom. The third-order valence-electron chi connectivity index (χ3n) is 2.48. The number of hydrogen-bond acceptors (Lipinski definition) is 5. The lowest BCUT2D eigenvalue weighted by Gasteiger charge is -2.00. The molecule has 96 valence electrons. The van der Waals surface area contributed by atoms with Crippen LogP contribution in [-0.2, 0) is 0 Å². The zero-order valence-corrected chi connectivity index (χ0v) is 11.1. The molecular formula is C12H16N4OS. The number of aromatic nitrogens is 1. The van der Waals surface area contributed by atoms with Crippen LogP contribution in [0.3, 0.4) is 0 Å². The van der Waals surface area contributed by atoms with E-state index in [0.29, 0.717) is 29.7 Å². The topological polar surface area (TPSA) is 80.0 Å². The Morgan fingerprint density at radius 1 is 1.61 bits per heavy atom. The first kappa shape index (κ1) is 12.7. The smallest absolute Gasteiger partial charge is 0.265 e. The summed E-state index contributed by atoms with van der Waals surface area (Å²) in [5.74, 6) is 5.79.